The molecule has 1 unspecified atom stereocenters. The minimum Gasteiger partial charge on any atom is -0.335 e. The number of carbonyl (C=O) groups is 2. The van der Waals surface area contributed by atoms with Gasteiger partial charge in [0.15, 0.2) is 5.78 Å². The lowest BCUT2D eigenvalue weighted by Crippen LogP contribution is -2.33. The van der Waals surface area contributed by atoms with Gasteiger partial charge in [0.2, 0.25) is 5.91 Å². The fourth-order valence-electron chi connectivity index (χ4n) is 1.98. The Morgan fingerprint density at radius 3 is 2.73 bits per heavy atom. The lowest BCUT2D eigenvalue weighted by atomic mass is 10.0. The third-order valence-electron chi connectivity index (χ3n) is 2.98. The molecule has 0 aromatic carbocycles. The van der Waals surface area contributed by atoms with Gasteiger partial charge in [0.25, 0.3) is 0 Å². The third kappa shape index (κ3) is 3.33. The molecule has 3 heteroatoms. The van der Waals surface area contributed by atoms with E-state index in [1.165, 1.54) is 0 Å². The van der Waals surface area contributed by atoms with Crippen molar-refractivity contribution in [3.05, 3.63) is 0 Å². The lowest BCUT2D eigenvalue weighted by Gasteiger charge is -2.16. The summed E-state index contributed by atoms with van der Waals surface area (Å²) in [4.78, 5) is 24.8. The van der Waals surface area contributed by atoms with Crippen LogP contribution in [-0.2, 0) is 9.59 Å². The average Bonchev–Trinajstić information content (AvgIpc) is 2.47. The predicted molar refractivity (Wildman–Crippen MR) is 59.4 cm³/mol. The molecule has 1 aliphatic rings. The summed E-state index contributed by atoms with van der Waals surface area (Å²) >= 11 is 0. The van der Waals surface area contributed by atoms with Crippen LogP contribution in [-0.4, -0.2) is 29.7 Å². The molecular formula is C12H21NO2. The van der Waals surface area contributed by atoms with E-state index >= 15 is 0 Å². The largest absolute Gasteiger partial charge is 0.335 e. The highest BCUT2D eigenvalue weighted by atomic mass is 16.2. The number of likely N-dealkylation sites (tertiary alicyclic amines) is 1. The van der Waals surface area contributed by atoms with Gasteiger partial charge < -0.3 is 4.90 Å². The average molecular weight is 211 g/mol. The summed E-state index contributed by atoms with van der Waals surface area (Å²) in [6, 6.07) is 0. The number of carbonyl (C=O) groups excluding carboxylic acids is 2. The second-order valence-electron chi connectivity index (χ2n) is 4.75. The molecule has 1 saturated heterocycles. The summed E-state index contributed by atoms with van der Waals surface area (Å²) in [6.45, 7) is 6.99. The molecule has 1 amide bonds. The SMILES string of the molecule is CCCC1CC(=O)N(CC(=O)C(C)C)C1. The van der Waals surface area contributed by atoms with E-state index in [2.05, 4.69) is 6.92 Å². The van der Waals surface area contributed by atoms with E-state index in [1.807, 2.05) is 13.8 Å². The van der Waals surface area contributed by atoms with Gasteiger partial charge in [-0.15, -0.1) is 0 Å². The van der Waals surface area contributed by atoms with E-state index < -0.39 is 0 Å². The van der Waals surface area contributed by atoms with Crippen LogP contribution in [0, 0.1) is 11.8 Å². The predicted octanol–water partition coefficient (Wildman–Crippen LogP) is 1.86. The Hall–Kier alpha value is -0.860. The van der Waals surface area contributed by atoms with Gasteiger partial charge in [0.05, 0.1) is 6.54 Å². The molecule has 1 rings (SSSR count). The zero-order valence-corrected chi connectivity index (χ0v) is 9.95. The Morgan fingerprint density at radius 2 is 2.20 bits per heavy atom. The fraction of sp³-hybridized carbons (Fsp3) is 0.833. The molecule has 15 heavy (non-hydrogen) atoms. The molecule has 0 spiro atoms. The monoisotopic (exact) mass is 211 g/mol. The first-order chi connectivity index (χ1) is 7.04. The van der Waals surface area contributed by atoms with Crippen LogP contribution in [0.15, 0.2) is 0 Å². The molecule has 86 valence electrons. The summed E-state index contributed by atoms with van der Waals surface area (Å²) in [6.07, 6.45) is 2.85. The van der Waals surface area contributed by atoms with Gasteiger partial charge in [0.1, 0.15) is 0 Å². The van der Waals surface area contributed by atoms with Gasteiger partial charge in [0, 0.05) is 18.9 Å². The summed E-state index contributed by atoms with van der Waals surface area (Å²) in [5.74, 6) is 0.827. The van der Waals surface area contributed by atoms with Crippen LogP contribution >= 0.6 is 0 Å². The topological polar surface area (TPSA) is 37.4 Å². The Morgan fingerprint density at radius 1 is 1.53 bits per heavy atom. The zero-order valence-electron chi connectivity index (χ0n) is 9.95. The molecule has 0 radical (unpaired) electrons. The Bertz CT molecular complexity index is 248. The van der Waals surface area contributed by atoms with Crippen molar-refractivity contribution in [1.82, 2.24) is 4.90 Å². The summed E-state index contributed by atoms with van der Waals surface area (Å²) in [5, 5.41) is 0. The van der Waals surface area contributed by atoms with Crippen LogP contribution in [0.25, 0.3) is 0 Å². The van der Waals surface area contributed by atoms with Gasteiger partial charge in [-0.25, -0.2) is 0 Å². The first-order valence-electron chi connectivity index (χ1n) is 5.85. The van der Waals surface area contributed by atoms with Crippen LogP contribution in [0.5, 0.6) is 0 Å². The molecule has 1 atom stereocenters. The molecule has 0 N–H and O–H groups in total. The van der Waals surface area contributed by atoms with E-state index in [1.54, 1.807) is 4.90 Å². The maximum absolute atomic E-state index is 11.6. The Kier molecular flexibility index (Phi) is 4.30. The van der Waals surface area contributed by atoms with Crippen LogP contribution < -0.4 is 0 Å². The zero-order chi connectivity index (χ0) is 11.4. The number of nitrogens with zero attached hydrogens (tertiary/aromatic N) is 1. The standard InChI is InChI=1S/C12H21NO2/c1-4-5-10-6-12(15)13(7-10)8-11(14)9(2)3/h9-10H,4-8H2,1-3H3. The normalized spacial score (nSPS) is 21.5. The minimum atomic E-state index is 0.0306. The molecule has 1 heterocycles. The molecule has 0 aromatic heterocycles. The van der Waals surface area contributed by atoms with Gasteiger partial charge in [-0.2, -0.15) is 0 Å². The van der Waals surface area contributed by atoms with Crippen molar-refractivity contribution in [3.63, 3.8) is 0 Å². The van der Waals surface area contributed by atoms with Gasteiger partial charge in [-0.3, -0.25) is 9.59 Å². The van der Waals surface area contributed by atoms with Crippen LogP contribution in [0.1, 0.15) is 40.0 Å². The summed E-state index contributed by atoms with van der Waals surface area (Å²) in [5.41, 5.74) is 0. The molecule has 1 fully saturated rings. The fourth-order valence-corrected chi connectivity index (χ4v) is 1.98. The van der Waals surface area contributed by atoms with Crippen molar-refractivity contribution in [3.8, 4) is 0 Å². The van der Waals surface area contributed by atoms with Crippen molar-refractivity contribution in [2.24, 2.45) is 11.8 Å². The summed E-state index contributed by atoms with van der Waals surface area (Å²) < 4.78 is 0. The first kappa shape index (κ1) is 12.2. The van der Waals surface area contributed by atoms with Crippen molar-refractivity contribution in [1.29, 1.82) is 0 Å². The highest BCUT2D eigenvalue weighted by Crippen LogP contribution is 2.22. The molecular weight excluding hydrogens is 190 g/mol. The Labute approximate surface area is 91.8 Å². The van der Waals surface area contributed by atoms with E-state index in [0.717, 1.165) is 19.4 Å². The maximum Gasteiger partial charge on any atom is 0.223 e. The second kappa shape index (κ2) is 5.29. The third-order valence-corrected chi connectivity index (χ3v) is 2.98. The smallest absolute Gasteiger partial charge is 0.223 e. The van der Waals surface area contributed by atoms with Crippen molar-refractivity contribution in [2.75, 3.05) is 13.1 Å². The maximum atomic E-state index is 11.6. The highest BCUT2D eigenvalue weighted by Gasteiger charge is 2.30. The molecule has 0 bridgehead atoms. The number of hydrogen-bond donors (Lipinski definition) is 0. The molecule has 1 aliphatic heterocycles. The number of amides is 1. The van der Waals surface area contributed by atoms with E-state index in [-0.39, 0.29) is 17.6 Å². The van der Waals surface area contributed by atoms with Crippen LogP contribution in [0.2, 0.25) is 0 Å². The number of Topliss-reactive ketones (excluding diaryl/α,β-unsaturated/α-hetero) is 1. The van der Waals surface area contributed by atoms with Gasteiger partial charge in [-0.1, -0.05) is 27.2 Å². The van der Waals surface area contributed by atoms with Crippen molar-refractivity contribution in [2.45, 2.75) is 40.0 Å². The van der Waals surface area contributed by atoms with Crippen LogP contribution in [0.4, 0.5) is 0 Å². The quantitative estimate of drug-likeness (QED) is 0.696. The van der Waals surface area contributed by atoms with Gasteiger partial charge in [-0.05, 0) is 12.3 Å². The first-order valence-corrected chi connectivity index (χ1v) is 5.85. The molecule has 0 aliphatic carbocycles. The van der Waals surface area contributed by atoms with E-state index in [4.69, 9.17) is 0 Å². The van der Waals surface area contributed by atoms with Crippen molar-refractivity contribution < 1.29 is 9.59 Å². The Balaban J connectivity index is 2.44. The molecule has 0 aromatic rings. The van der Waals surface area contributed by atoms with E-state index in [9.17, 15) is 9.59 Å². The number of ketones is 1. The van der Waals surface area contributed by atoms with E-state index in [0.29, 0.717) is 18.9 Å². The molecule has 3 nitrogen and oxygen atoms in total. The molecule has 0 saturated carbocycles. The number of rotatable bonds is 5. The van der Waals surface area contributed by atoms with Gasteiger partial charge >= 0.3 is 0 Å². The van der Waals surface area contributed by atoms with Crippen LogP contribution in [0.3, 0.4) is 0 Å². The highest BCUT2D eigenvalue weighted by molar-refractivity contribution is 5.88. The second-order valence-corrected chi connectivity index (χ2v) is 4.75. The minimum absolute atomic E-state index is 0.0306. The summed E-state index contributed by atoms with van der Waals surface area (Å²) in [7, 11) is 0. The number of hydrogen-bond acceptors (Lipinski definition) is 2. The van der Waals surface area contributed by atoms with Crippen molar-refractivity contribution >= 4 is 11.7 Å². The lowest BCUT2D eigenvalue weighted by molar-refractivity contribution is -0.133.